The van der Waals surface area contributed by atoms with Gasteiger partial charge in [-0.1, -0.05) is 65.7 Å². The predicted molar refractivity (Wildman–Crippen MR) is 211 cm³/mol. The number of aliphatic hydroxyl groups is 6. The van der Waals surface area contributed by atoms with E-state index in [-0.39, 0.29) is 18.7 Å². The Kier molecular flexibility index (Phi) is 25.0. The molecule has 0 spiro atoms. The van der Waals surface area contributed by atoms with Gasteiger partial charge < -0.3 is 52.7 Å². The molecular weight excluding hydrogens is 696 g/mol. The maximum Gasteiger partial charge on any atom is 0.221 e. The maximum atomic E-state index is 12.8. The lowest BCUT2D eigenvalue weighted by atomic mass is 9.84. The third-order valence-electron chi connectivity index (χ3n) is 10.9. The second-order valence-corrected chi connectivity index (χ2v) is 15.7. The van der Waals surface area contributed by atoms with Crippen LogP contribution in [-0.2, 0) is 4.79 Å². The summed E-state index contributed by atoms with van der Waals surface area (Å²) < 4.78 is 0. The summed E-state index contributed by atoms with van der Waals surface area (Å²) in [4.78, 5) is 12.8. The zero-order valence-corrected chi connectivity index (χ0v) is 33.6. The normalized spacial score (nSPS) is 35.6. The minimum absolute atomic E-state index is 0.168. The predicted octanol–water partition coefficient (Wildman–Crippen LogP) is -1.83. The molecular formula is C37H80N10O7. The summed E-state index contributed by atoms with van der Waals surface area (Å²) in [6.07, 6.45) is 3.29. The molecule has 1 aliphatic heterocycles. The number of nitrogens with one attached hydrogen (secondary N) is 8. The van der Waals surface area contributed by atoms with Gasteiger partial charge in [0.15, 0.2) is 0 Å². The Morgan fingerprint density at radius 2 is 1.26 bits per heavy atom. The fourth-order valence-electron chi connectivity index (χ4n) is 7.60. The van der Waals surface area contributed by atoms with Crippen LogP contribution in [0, 0.1) is 5.92 Å². The van der Waals surface area contributed by atoms with Crippen LogP contribution in [0.5, 0.6) is 0 Å². The summed E-state index contributed by atoms with van der Waals surface area (Å²) >= 11 is 0. The van der Waals surface area contributed by atoms with Gasteiger partial charge >= 0.3 is 0 Å². The van der Waals surface area contributed by atoms with Crippen molar-refractivity contribution in [1.82, 2.24) is 42.5 Å². The van der Waals surface area contributed by atoms with Gasteiger partial charge in [0.1, 0.15) is 37.4 Å². The monoisotopic (exact) mass is 777 g/mol. The first kappa shape index (κ1) is 49.0. The van der Waals surface area contributed by atoms with Crippen LogP contribution in [-0.4, -0.2) is 136 Å². The third-order valence-corrected chi connectivity index (χ3v) is 10.9. The number of hydrogen-bond acceptors (Lipinski definition) is 16. The van der Waals surface area contributed by atoms with Crippen molar-refractivity contribution in [3.8, 4) is 0 Å². The Morgan fingerprint density at radius 1 is 0.722 bits per heavy atom. The molecule has 0 aromatic heterocycles. The summed E-state index contributed by atoms with van der Waals surface area (Å²) in [6.45, 7) is 6.92. The zero-order valence-electron chi connectivity index (χ0n) is 33.6. The van der Waals surface area contributed by atoms with Gasteiger partial charge in [-0.15, -0.1) is 0 Å². The molecule has 320 valence electrons. The molecule has 1 amide bonds. The molecule has 17 heteroatoms. The minimum Gasteiger partial charge on any atom is -0.377 e. The molecule has 1 saturated heterocycles. The number of hydrogen-bond donors (Lipinski definition) is 16. The van der Waals surface area contributed by atoms with E-state index in [2.05, 4.69) is 42.5 Å². The van der Waals surface area contributed by atoms with Gasteiger partial charge in [-0.2, -0.15) is 0 Å². The number of amides is 1. The largest absolute Gasteiger partial charge is 0.377 e. The Morgan fingerprint density at radius 3 is 1.85 bits per heavy atom. The summed E-state index contributed by atoms with van der Waals surface area (Å²) in [5.41, 5.74) is 12.5. The second-order valence-electron chi connectivity index (χ2n) is 15.7. The van der Waals surface area contributed by atoms with Gasteiger partial charge in [0, 0.05) is 37.1 Å². The van der Waals surface area contributed by atoms with Crippen molar-refractivity contribution in [3.05, 3.63) is 0 Å². The summed E-state index contributed by atoms with van der Waals surface area (Å²) in [6, 6.07) is -4.19. The lowest BCUT2D eigenvalue weighted by molar-refractivity contribution is -0.122. The average Bonchev–Trinajstić information content (AvgIpc) is 3.14. The van der Waals surface area contributed by atoms with Crippen molar-refractivity contribution in [1.29, 1.82) is 0 Å². The topological polar surface area (TPSA) is 287 Å². The van der Waals surface area contributed by atoms with Gasteiger partial charge in [0.25, 0.3) is 0 Å². The number of aliphatic hydroxyl groups excluding tert-OH is 6. The molecule has 13 atom stereocenters. The van der Waals surface area contributed by atoms with Crippen LogP contribution >= 0.6 is 0 Å². The molecule has 0 aromatic carbocycles. The van der Waals surface area contributed by atoms with Crippen molar-refractivity contribution in [2.75, 3.05) is 20.1 Å². The fourth-order valence-corrected chi connectivity index (χ4v) is 7.60. The number of rotatable bonds is 13. The fraction of sp³-hybridized carbons (Fsp3) is 0.973. The van der Waals surface area contributed by atoms with Crippen LogP contribution in [0.25, 0.3) is 0 Å². The molecule has 2 aliphatic rings. The molecule has 17 nitrogen and oxygen atoms in total. The highest BCUT2D eigenvalue weighted by Gasteiger charge is 2.35. The quantitative estimate of drug-likeness (QED) is 0.0916. The molecule has 2 fully saturated rings. The van der Waals surface area contributed by atoms with Crippen LogP contribution in [0.2, 0.25) is 0 Å². The van der Waals surface area contributed by atoms with Crippen molar-refractivity contribution >= 4 is 5.91 Å². The van der Waals surface area contributed by atoms with E-state index in [1.807, 2.05) is 20.8 Å². The summed E-state index contributed by atoms with van der Waals surface area (Å²) in [5.74, 6) is -0.0296. The van der Waals surface area contributed by atoms with Gasteiger partial charge in [-0.3, -0.25) is 36.7 Å². The number of carbonyl (C=O) groups excluding carboxylic acids is 1. The first-order valence-electron chi connectivity index (χ1n) is 20.9. The van der Waals surface area contributed by atoms with Crippen molar-refractivity contribution < 1.29 is 35.4 Å². The first-order chi connectivity index (χ1) is 25.8. The SMILES string of the molecule is CCCNC(O)C1CCCCNC(=O)CC(N)C(O)NC(CC(N)NC)C(O)NC(CC2CCCCC2)C(O)NC(CCC)C(O)NC(CCC)C(O)N1. The number of nitrogens with two attached hydrogens (primary N) is 2. The van der Waals surface area contributed by atoms with E-state index >= 15 is 0 Å². The number of carbonyl (C=O) groups is 1. The maximum absolute atomic E-state index is 12.8. The van der Waals surface area contributed by atoms with E-state index < -0.39 is 79.8 Å². The van der Waals surface area contributed by atoms with Crippen LogP contribution in [0.15, 0.2) is 0 Å². The van der Waals surface area contributed by atoms with Gasteiger partial charge in [0.2, 0.25) is 5.91 Å². The Hall–Kier alpha value is -1.13. The molecule has 1 saturated carbocycles. The van der Waals surface area contributed by atoms with E-state index in [9.17, 15) is 35.4 Å². The Labute approximate surface area is 324 Å². The van der Waals surface area contributed by atoms with E-state index in [4.69, 9.17) is 11.5 Å². The Balaban J connectivity index is 2.45. The molecule has 13 unspecified atom stereocenters. The average molecular weight is 777 g/mol. The highest BCUT2D eigenvalue weighted by atomic mass is 16.3. The smallest absolute Gasteiger partial charge is 0.221 e. The molecule has 0 bridgehead atoms. The van der Waals surface area contributed by atoms with Crippen molar-refractivity contribution in [3.63, 3.8) is 0 Å². The summed E-state index contributed by atoms with van der Waals surface area (Å²) in [7, 11) is 1.69. The molecule has 1 aliphatic carbocycles. The lowest BCUT2D eigenvalue weighted by Gasteiger charge is -2.38. The van der Waals surface area contributed by atoms with E-state index in [1.54, 1.807) is 7.05 Å². The van der Waals surface area contributed by atoms with Crippen LogP contribution in [0.4, 0.5) is 0 Å². The van der Waals surface area contributed by atoms with Crippen molar-refractivity contribution in [2.45, 2.75) is 203 Å². The van der Waals surface area contributed by atoms with Crippen LogP contribution < -0.4 is 54.0 Å². The molecule has 0 radical (unpaired) electrons. The van der Waals surface area contributed by atoms with Gasteiger partial charge in [-0.25, -0.2) is 0 Å². The second kappa shape index (κ2) is 27.5. The molecule has 0 aromatic rings. The van der Waals surface area contributed by atoms with Crippen molar-refractivity contribution in [2.24, 2.45) is 17.4 Å². The van der Waals surface area contributed by atoms with E-state index in [0.29, 0.717) is 70.4 Å². The van der Waals surface area contributed by atoms with E-state index in [1.165, 1.54) is 0 Å². The first-order valence-corrected chi connectivity index (χ1v) is 20.9. The van der Waals surface area contributed by atoms with Crippen LogP contribution in [0.1, 0.15) is 124 Å². The third kappa shape index (κ3) is 18.4. The molecule has 1 heterocycles. The highest BCUT2D eigenvalue weighted by Crippen LogP contribution is 2.28. The van der Waals surface area contributed by atoms with Gasteiger partial charge in [-0.05, 0) is 70.9 Å². The zero-order chi connectivity index (χ0) is 40.0. The van der Waals surface area contributed by atoms with Crippen LogP contribution in [0.3, 0.4) is 0 Å². The minimum atomic E-state index is -1.36. The summed E-state index contributed by atoms with van der Waals surface area (Å²) in [5, 5.41) is 93.3. The molecule has 54 heavy (non-hydrogen) atoms. The van der Waals surface area contributed by atoms with E-state index in [0.717, 1.165) is 38.5 Å². The van der Waals surface area contributed by atoms with Gasteiger partial charge in [0.05, 0.1) is 18.2 Å². The lowest BCUT2D eigenvalue weighted by Crippen LogP contribution is -2.64. The highest BCUT2D eigenvalue weighted by molar-refractivity contribution is 5.76. The standard InChI is InChI=1S/C37H80N10O7/c1-5-13-25-35(52)45-27(33(50)42-18-7-3)17-11-12-19-41-31(48)21-24(38)32(49)46-29(22-30(39)40-4)37(54)47-28(20-23-15-9-8-10-16-23)36(53)44-26(14-6-2)34(51)43-25/h23-30,32-37,40,42-47,49-54H,5-22,38-39H2,1-4H3,(H,41,48). The molecule has 2 rings (SSSR count). The molecule has 18 N–H and O–H groups in total. The Bertz CT molecular complexity index is 974.